The molecule has 12 heavy (non-hydrogen) atoms. The van der Waals surface area contributed by atoms with Crippen LogP contribution in [-0.2, 0) is 0 Å². The van der Waals surface area contributed by atoms with Crippen LogP contribution in [-0.4, -0.2) is 4.98 Å². The maximum Gasteiger partial charge on any atom is 0.248 e. The molecule has 1 aromatic heterocycles. The van der Waals surface area contributed by atoms with Crippen molar-refractivity contribution in [2.75, 3.05) is 0 Å². The van der Waals surface area contributed by atoms with Crippen molar-refractivity contribution in [3.05, 3.63) is 46.5 Å². The van der Waals surface area contributed by atoms with Crippen molar-refractivity contribution in [1.82, 2.24) is 4.98 Å². The zero-order chi connectivity index (χ0) is 8.55. The highest BCUT2D eigenvalue weighted by Gasteiger charge is 1.98. The molecule has 2 nitrogen and oxygen atoms in total. The number of fused-ring (bicyclic) bond motifs is 1. The number of rotatable bonds is 0. The van der Waals surface area contributed by atoms with Crippen molar-refractivity contribution in [3.8, 4) is 0 Å². The summed E-state index contributed by atoms with van der Waals surface area (Å²) in [5, 5.41) is 0.442. The van der Waals surface area contributed by atoms with Gasteiger partial charge in [0.15, 0.2) is 0 Å². The Hall–Kier alpha value is -1.64. The molecule has 60 valence electrons. The molecule has 0 atom stereocenters. The predicted molar refractivity (Wildman–Crippen MR) is 44.5 cm³/mol. The first-order chi connectivity index (χ1) is 5.77. The van der Waals surface area contributed by atoms with Crippen LogP contribution in [0.5, 0.6) is 0 Å². The molecule has 0 saturated carbocycles. The SMILES string of the molecule is O=c1ccc2c(F)cccc2[nH]1. The molecule has 0 aliphatic heterocycles. The number of H-pyrrole nitrogens is 1. The third kappa shape index (κ3) is 0.993. The normalized spacial score (nSPS) is 10.4. The van der Waals surface area contributed by atoms with E-state index in [2.05, 4.69) is 4.98 Å². The predicted octanol–water partition coefficient (Wildman–Crippen LogP) is 1.67. The molecule has 0 aliphatic carbocycles. The second-order valence-electron chi connectivity index (χ2n) is 2.52. The first-order valence-electron chi connectivity index (χ1n) is 3.55. The van der Waals surface area contributed by atoms with E-state index in [9.17, 15) is 9.18 Å². The average Bonchev–Trinajstić information content (AvgIpc) is 2.04. The van der Waals surface area contributed by atoms with Crippen molar-refractivity contribution in [1.29, 1.82) is 0 Å². The van der Waals surface area contributed by atoms with E-state index in [1.54, 1.807) is 12.1 Å². The smallest absolute Gasteiger partial charge is 0.248 e. The van der Waals surface area contributed by atoms with Gasteiger partial charge in [-0.25, -0.2) is 4.39 Å². The fourth-order valence-electron chi connectivity index (χ4n) is 1.15. The van der Waals surface area contributed by atoms with Gasteiger partial charge in [0.25, 0.3) is 0 Å². The van der Waals surface area contributed by atoms with Gasteiger partial charge in [0.1, 0.15) is 5.82 Å². The van der Waals surface area contributed by atoms with Gasteiger partial charge in [-0.3, -0.25) is 4.79 Å². The van der Waals surface area contributed by atoms with Crippen molar-refractivity contribution in [3.63, 3.8) is 0 Å². The topological polar surface area (TPSA) is 32.9 Å². The lowest BCUT2D eigenvalue weighted by Crippen LogP contribution is -2.02. The molecule has 1 N–H and O–H groups in total. The van der Waals surface area contributed by atoms with Gasteiger partial charge in [-0.1, -0.05) is 6.07 Å². The van der Waals surface area contributed by atoms with Crippen LogP contribution >= 0.6 is 0 Å². The van der Waals surface area contributed by atoms with Crippen LogP contribution in [0.1, 0.15) is 0 Å². The molecule has 1 heterocycles. The third-order valence-corrected chi connectivity index (χ3v) is 1.71. The highest BCUT2D eigenvalue weighted by atomic mass is 19.1. The van der Waals surface area contributed by atoms with E-state index < -0.39 is 0 Å². The van der Waals surface area contributed by atoms with E-state index in [0.29, 0.717) is 10.9 Å². The van der Waals surface area contributed by atoms with Crippen molar-refractivity contribution < 1.29 is 4.39 Å². The third-order valence-electron chi connectivity index (χ3n) is 1.71. The number of aromatic amines is 1. The molecular formula is C9H6FNO. The van der Waals surface area contributed by atoms with Crippen molar-refractivity contribution >= 4 is 10.9 Å². The maximum atomic E-state index is 13.0. The monoisotopic (exact) mass is 163 g/mol. The summed E-state index contributed by atoms with van der Waals surface area (Å²) in [6, 6.07) is 7.38. The van der Waals surface area contributed by atoms with Gasteiger partial charge < -0.3 is 4.98 Å². The summed E-state index contributed by atoms with van der Waals surface area (Å²) in [7, 11) is 0. The summed E-state index contributed by atoms with van der Waals surface area (Å²) in [5.41, 5.74) is 0.315. The lowest BCUT2D eigenvalue weighted by Gasteiger charge is -1.96. The Morgan fingerprint density at radius 2 is 2.00 bits per heavy atom. The zero-order valence-electron chi connectivity index (χ0n) is 6.17. The first-order valence-corrected chi connectivity index (χ1v) is 3.55. The summed E-state index contributed by atoms with van der Waals surface area (Å²) >= 11 is 0. The molecule has 0 bridgehead atoms. The molecule has 0 saturated heterocycles. The largest absolute Gasteiger partial charge is 0.322 e. The fourth-order valence-corrected chi connectivity index (χ4v) is 1.15. The Balaban J connectivity index is 2.96. The molecule has 3 heteroatoms. The number of nitrogens with one attached hydrogen (secondary N) is 1. The standard InChI is InChI=1S/C9H6FNO/c10-7-2-1-3-8-6(7)4-5-9(12)11-8/h1-5H,(H,11,12). The minimum Gasteiger partial charge on any atom is -0.322 e. The number of aromatic nitrogens is 1. The highest BCUT2D eigenvalue weighted by molar-refractivity contribution is 5.78. The number of pyridine rings is 1. The van der Waals surface area contributed by atoms with Crippen LogP contribution < -0.4 is 5.56 Å². The van der Waals surface area contributed by atoms with Gasteiger partial charge in [0.05, 0.1) is 5.52 Å². The Bertz CT molecular complexity index is 475. The second kappa shape index (κ2) is 2.44. The number of hydrogen-bond acceptors (Lipinski definition) is 1. The fraction of sp³-hybridized carbons (Fsp3) is 0. The molecule has 0 spiro atoms. The lowest BCUT2D eigenvalue weighted by atomic mass is 10.2. The van der Waals surface area contributed by atoms with Crippen LogP contribution in [0.25, 0.3) is 10.9 Å². The van der Waals surface area contributed by atoms with E-state index in [1.165, 1.54) is 18.2 Å². The van der Waals surface area contributed by atoms with E-state index in [4.69, 9.17) is 0 Å². The summed E-state index contributed by atoms with van der Waals surface area (Å²) in [5.74, 6) is -0.316. The van der Waals surface area contributed by atoms with Crippen molar-refractivity contribution in [2.24, 2.45) is 0 Å². The number of halogens is 1. The Kier molecular flexibility index (Phi) is 1.43. The average molecular weight is 163 g/mol. The molecule has 0 amide bonds. The molecule has 0 fully saturated rings. The summed E-state index contributed by atoms with van der Waals surface area (Å²) < 4.78 is 13.0. The molecule has 0 aliphatic rings. The zero-order valence-corrected chi connectivity index (χ0v) is 6.17. The maximum absolute atomic E-state index is 13.0. The van der Waals surface area contributed by atoms with Crippen LogP contribution in [0, 0.1) is 5.82 Å². The minimum atomic E-state index is -0.316. The van der Waals surface area contributed by atoms with E-state index in [1.807, 2.05) is 0 Å². The molecule has 1 aromatic carbocycles. The Labute approximate surface area is 67.7 Å². The van der Waals surface area contributed by atoms with E-state index in [-0.39, 0.29) is 11.4 Å². The van der Waals surface area contributed by atoms with Crippen LogP contribution in [0.15, 0.2) is 35.1 Å². The Morgan fingerprint density at radius 3 is 2.83 bits per heavy atom. The summed E-state index contributed by atoms with van der Waals surface area (Å²) in [6.07, 6.45) is 0. The minimum absolute atomic E-state index is 0.215. The molecule has 0 unspecified atom stereocenters. The van der Waals surface area contributed by atoms with Crippen LogP contribution in [0.3, 0.4) is 0 Å². The molecule has 2 rings (SSSR count). The van der Waals surface area contributed by atoms with Crippen molar-refractivity contribution in [2.45, 2.75) is 0 Å². The van der Waals surface area contributed by atoms with Gasteiger partial charge in [-0.15, -0.1) is 0 Å². The second-order valence-corrected chi connectivity index (χ2v) is 2.52. The summed E-state index contributed by atoms with van der Waals surface area (Å²) in [4.78, 5) is 13.4. The molecule has 0 radical (unpaired) electrons. The highest BCUT2D eigenvalue weighted by Crippen LogP contribution is 2.12. The summed E-state index contributed by atoms with van der Waals surface area (Å²) in [6.45, 7) is 0. The van der Waals surface area contributed by atoms with Gasteiger partial charge in [-0.05, 0) is 18.2 Å². The molecular weight excluding hydrogens is 157 g/mol. The van der Waals surface area contributed by atoms with Crippen LogP contribution in [0.4, 0.5) is 4.39 Å². The van der Waals surface area contributed by atoms with E-state index >= 15 is 0 Å². The van der Waals surface area contributed by atoms with Gasteiger partial charge in [0, 0.05) is 11.5 Å². The molecule has 2 aromatic rings. The van der Waals surface area contributed by atoms with Gasteiger partial charge in [-0.2, -0.15) is 0 Å². The number of benzene rings is 1. The van der Waals surface area contributed by atoms with E-state index in [0.717, 1.165) is 0 Å². The number of hydrogen-bond donors (Lipinski definition) is 1. The van der Waals surface area contributed by atoms with Gasteiger partial charge >= 0.3 is 0 Å². The Morgan fingerprint density at radius 1 is 1.17 bits per heavy atom. The van der Waals surface area contributed by atoms with Gasteiger partial charge in [0.2, 0.25) is 5.56 Å². The van der Waals surface area contributed by atoms with Crippen LogP contribution in [0.2, 0.25) is 0 Å². The quantitative estimate of drug-likeness (QED) is 0.629. The first kappa shape index (κ1) is 7.03. The lowest BCUT2D eigenvalue weighted by molar-refractivity contribution is 0.639.